The quantitative estimate of drug-likeness (QED) is 0.432. The van der Waals surface area contributed by atoms with Crippen LogP contribution >= 0.6 is 0 Å². The summed E-state index contributed by atoms with van der Waals surface area (Å²) in [6.07, 6.45) is 11.1. The highest BCUT2D eigenvalue weighted by Gasteiger charge is 2.15. The lowest BCUT2D eigenvalue weighted by Crippen LogP contribution is -2.08. The van der Waals surface area contributed by atoms with Gasteiger partial charge in [-0.15, -0.1) is 0 Å². The van der Waals surface area contributed by atoms with Crippen molar-refractivity contribution in [1.82, 2.24) is 39.7 Å². The van der Waals surface area contributed by atoms with Gasteiger partial charge in [0.1, 0.15) is 12.1 Å². The van der Waals surface area contributed by atoms with E-state index in [1.165, 1.54) is 0 Å². The van der Waals surface area contributed by atoms with E-state index < -0.39 is 0 Å². The molecule has 0 aliphatic rings. The number of aryl methyl sites for hydroxylation is 1. The van der Waals surface area contributed by atoms with Gasteiger partial charge in [0.15, 0.2) is 5.65 Å². The highest BCUT2D eigenvalue weighted by Crippen LogP contribution is 2.32. The van der Waals surface area contributed by atoms with E-state index in [2.05, 4.69) is 53.3 Å². The number of anilines is 1. The topological polar surface area (TPSA) is 104 Å². The average Bonchev–Trinajstić information content (AvgIpc) is 3.55. The summed E-state index contributed by atoms with van der Waals surface area (Å²) in [5.74, 6) is 0.824. The zero-order valence-corrected chi connectivity index (χ0v) is 18.4. The first-order chi connectivity index (χ1) is 16.1. The molecular formula is C24H21N9. The maximum Gasteiger partial charge on any atom is 0.181 e. The molecule has 0 radical (unpaired) electrons. The number of nitrogens with zero attached hydrogens (tertiary/aromatic N) is 7. The van der Waals surface area contributed by atoms with Crippen molar-refractivity contribution in [2.45, 2.75) is 6.92 Å². The summed E-state index contributed by atoms with van der Waals surface area (Å²) in [6, 6.07) is 8.25. The minimum absolute atomic E-state index is 0.660. The first-order valence-electron chi connectivity index (χ1n) is 10.5. The number of aromatic amines is 2. The van der Waals surface area contributed by atoms with Gasteiger partial charge >= 0.3 is 0 Å². The van der Waals surface area contributed by atoms with Crippen LogP contribution in [0.3, 0.4) is 0 Å². The SMILES string of the molecule is Cc1cn(-c2nccc3[nH]c(-c4[nH]nc5ncc(-c6cncc(N(C)C)c6)cc45)cc23)cn1. The first kappa shape index (κ1) is 19.2. The Bertz CT molecular complexity index is 1620. The van der Waals surface area contributed by atoms with Crippen LogP contribution in [0.15, 0.2) is 61.6 Å². The Balaban J connectivity index is 1.48. The zero-order valence-electron chi connectivity index (χ0n) is 18.4. The molecule has 0 saturated heterocycles. The van der Waals surface area contributed by atoms with Gasteiger partial charge < -0.3 is 9.88 Å². The predicted octanol–water partition coefficient (Wildman–Crippen LogP) is 4.12. The third kappa shape index (κ3) is 3.21. The van der Waals surface area contributed by atoms with Crippen LogP contribution in [0.25, 0.3) is 50.3 Å². The second kappa shape index (κ2) is 7.27. The number of hydrogen-bond donors (Lipinski definition) is 2. The fourth-order valence-corrected chi connectivity index (χ4v) is 4.01. The van der Waals surface area contributed by atoms with E-state index in [0.717, 1.165) is 56.0 Å². The van der Waals surface area contributed by atoms with Gasteiger partial charge in [-0.05, 0) is 31.2 Å². The molecule has 9 heteroatoms. The van der Waals surface area contributed by atoms with Crippen molar-refractivity contribution in [1.29, 1.82) is 0 Å². The van der Waals surface area contributed by atoms with E-state index in [4.69, 9.17) is 0 Å². The Morgan fingerprint density at radius 2 is 1.82 bits per heavy atom. The first-order valence-corrected chi connectivity index (χ1v) is 10.5. The lowest BCUT2D eigenvalue weighted by atomic mass is 10.1. The van der Waals surface area contributed by atoms with Gasteiger partial charge in [0.25, 0.3) is 0 Å². The molecule has 33 heavy (non-hydrogen) atoms. The summed E-state index contributed by atoms with van der Waals surface area (Å²) in [4.78, 5) is 23.4. The molecule has 0 amide bonds. The van der Waals surface area contributed by atoms with Crippen molar-refractivity contribution in [3.8, 4) is 28.3 Å². The van der Waals surface area contributed by atoms with Crippen molar-refractivity contribution < 1.29 is 0 Å². The summed E-state index contributed by atoms with van der Waals surface area (Å²) in [6.45, 7) is 1.96. The molecule has 6 aromatic heterocycles. The lowest BCUT2D eigenvalue weighted by molar-refractivity contribution is 1.01. The number of pyridine rings is 3. The number of nitrogens with one attached hydrogen (secondary N) is 2. The average molecular weight is 435 g/mol. The highest BCUT2D eigenvalue weighted by molar-refractivity contribution is 5.97. The van der Waals surface area contributed by atoms with Crippen LogP contribution in [-0.2, 0) is 0 Å². The van der Waals surface area contributed by atoms with E-state index in [9.17, 15) is 0 Å². The van der Waals surface area contributed by atoms with Gasteiger partial charge in [-0.1, -0.05) is 0 Å². The second-order valence-corrected chi connectivity index (χ2v) is 8.22. The van der Waals surface area contributed by atoms with Gasteiger partial charge in [-0.25, -0.2) is 15.0 Å². The van der Waals surface area contributed by atoms with Crippen LogP contribution < -0.4 is 4.90 Å². The van der Waals surface area contributed by atoms with Crippen LogP contribution in [0.2, 0.25) is 0 Å². The highest BCUT2D eigenvalue weighted by atomic mass is 15.2. The fourth-order valence-electron chi connectivity index (χ4n) is 4.01. The zero-order chi connectivity index (χ0) is 22.5. The van der Waals surface area contributed by atoms with Crippen LogP contribution in [-0.4, -0.2) is 53.8 Å². The molecule has 6 aromatic rings. The number of fused-ring (bicyclic) bond motifs is 2. The monoisotopic (exact) mass is 435 g/mol. The molecular weight excluding hydrogens is 414 g/mol. The van der Waals surface area contributed by atoms with Crippen molar-refractivity contribution in [3.05, 3.63) is 67.3 Å². The normalized spacial score (nSPS) is 11.5. The second-order valence-electron chi connectivity index (χ2n) is 8.22. The van der Waals surface area contributed by atoms with Crippen LogP contribution in [0.4, 0.5) is 5.69 Å². The van der Waals surface area contributed by atoms with E-state index in [1.807, 2.05) is 61.3 Å². The van der Waals surface area contributed by atoms with Crippen molar-refractivity contribution in [3.63, 3.8) is 0 Å². The molecule has 0 bridgehead atoms. The van der Waals surface area contributed by atoms with E-state index >= 15 is 0 Å². The van der Waals surface area contributed by atoms with Gasteiger partial charge in [-0.3, -0.25) is 14.6 Å². The van der Waals surface area contributed by atoms with Crippen LogP contribution in [0.5, 0.6) is 0 Å². The Morgan fingerprint density at radius 1 is 0.939 bits per heavy atom. The number of rotatable bonds is 4. The molecule has 0 aliphatic carbocycles. The molecule has 0 fully saturated rings. The van der Waals surface area contributed by atoms with Gasteiger partial charge in [0, 0.05) is 60.8 Å². The Hall–Kier alpha value is -4.53. The Morgan fingerprint density at radius 3 is 2.64 bits per heavy atom. The molecule has 0 aliphatic heterocycles. The minimum atomic E-state index is 0.660. The Kier molecular flexibility index (Phi) is 4.22. The molecule has 0 saturated carbocycles. The minimum Gasteiger partial charge on any atom is -0.376 e. The van der Waals surface area contributed by atoms with Gasteiger partial charge in [0.05, 0.1) is 34.5 Å². The number of aromatic nitrogens is 8. The molecule has 0 spiro atoms. The smallest absolute Gasteiger partial charge is 0.181 e. The Labute approximate surface area is 189 Å². The van der Waals surface area contributed by atoms with Gasteiger partial charge in [0.2, 0.25) is 0 Å². The predicted molar refractivity (Wildman–Crippen MR) is 128 cm³/mol. The molecule has 6 rings (SSSR count). The number of imidazole rings is 1. The maximum absolute atomic E-state index is 4.58. The van der Waals surface area contributed by atoms with Crippen LogP contribution in [0, 0.1) is 6.92 Å². The summed E-state index contributed by atoms with van der Waals surface area (Å²) >= 11 is 0. The van der Waals surface area contributed by atoms with Crippen molar-refractivity contribution in [2.24, 2.45) is 0 Å². The third-order valence-electron chi connectivity index (χ3n) is 5.74. The third-order valence-corrected chi connectivity index (χ3v) is 5.74. The maximum atomic E-state index is 4.58. The molecule has 0 aromatic carbocycles. The van der Waals surface area contributed by atoms with Gasteiger partial charge in [-0.2, -0.15) is 5.10 Å². The van der Waals surface area contributed by atoms with E-state index in [0.29, 0.717) is 5.65 Å². The summed E-state index contributed by atoms with van der Waals surface area (Å²) in [7, 11) is 4.00. The van der Waals surface area contributed by atoms with Crippen LogP contribution in [0.1, 0.15) is 5.69 Å². The van der Waals surface area contributed by atoms with Crippen molar-refractivity contribution >= 4 is 27.6 Å². The lowest BCUT2D eigenvalue weighted by Gasteiger charge is -2.12. The fraction of sp³-hybridized carbons (Fsp3) is 0.125. The largest absolute Gasteiger partial charge is 0.376 e. The van der Waals surface area contributed by atoms with E-state index in [1.54, 1.807) is 12.5 Å². The standard InChI is InChI=1S/C24H21N9/c1-14-12-33(13-28-14)24-18-8-21(29-20(18)4-5-26-24)22-19-7-16(10-27-23(19)31-30-22)15-6-17(32(2)3)11-25-9-15/h4-13,29H,1-3H3,(H,27,30,31). The summed E-state index contributed by atoms with van der Waals surface area (Å²) in [5.41, 5.74) is 7.39. The summed E-state index contributed by atoms with van der Waals surface area (Å²) < 4.78 is 1.94. The molecule has 9 nitrogen and oxygen atoms in total. The van der Waals surface area contributed by atoms with E-state index in [-0.39, 0.29) is 0 Å². The number of hydrogen-bond acceptors (Lipinski definition) is 6. The summed E-state index contributed by atoms with van der Waals surface area (Å²) in [5, 5.41) is 9.51. The molecule has 6 heterocycles. The molecule has 0 unspecified atom stereocenters. The number of H-pyrrole nitrogens is 2. The molecule has 162 valence electrons. The molecule has 2 N–H and O–H groups in total. The van der Waals surface area contributed by atoms with Crippen molar-refractivity contribution in [2.75, 3.05) is 19.0 Å². The molecule has 0 atom stereocenters.